The number of hydrogen-bond acceptors (Lipinski definition) is 3. The summed E-state index contributed by atoms with van der Waals surface area (Å²) in [5.41, 5.74) is 7.50. The molecule has 0 spiro atoms. The van der Waals surface area contributed by atoms with E-state index in [9.17, 15) is 0 Å². The molecule has 0 heterocycles. The first-order valence-electron chi connectivity index (χ1n) is 5.51. The summed E-state index contributed by atoms with van der Waals surface area (Å²) in [6, 6.07) is 9.63. The topological polar surface area (TPSA) is 61.8 Å². The summed E-state index contributed by atoms with van der Waals surface area (Å²) in [6.45, 7) is 5.87. The van der Waals surface area contributed by atoms with Gasteiger partial charge in [0.1, 0.15) is 0 Å². The Balaban J connectivity index is 2.46. The Morgan fingerprint density at radius 1 is 1.44 bits per heavy atom. The summed E-state index contributed by atoms with van der Waals surface area (Å²) >= 11 is 0. The van der Waals surface area contributed by atoms with Crippen LogP contribution in [0.2, 0.25) is 0 Å². The van der Waals surface area contributed by atoms with Gasteiger partial charge >= 0.3 is 0 Å². The Labute approximate surface area is 97.3 Å². The van der Waals surface area contributed by atoms with Gasteiger partial charge in [0.2, 0.25) is 0 Å². The van der Waals surface area contributed by atoms with Crippen molar-refractivity contribution in [2.45, 2.75) is 20.3 Å². The maximum absolute atomic E-state index is 8.76. The average molecular weight is 217 g/mol. The molecule has 86 valence electrons. The minimum Gasteiger partial charge on any atom is -0.385 e. The highest BCUT2D eigenvalue weighted by atomic mass is 14.9. The van der Waals surface area contributed by atoms with E-state index in [0.29, 0.717) is 12.1 Å². The minimum atomic E-state index is 0.167. The van der Waals surface area contributed by atoms with Crippen LogP contribution in [0.4, 0.5) is 5.69 Å². The third-order valence-corrected chi connectivity index (χ3v) is 2.68. The van der Waals surface area contributed by atoms with Crippen LogP contribution in [-0.4, -0.2) is 13.1 Å². The molecule has 0 aliphatic heterocycles. The predicted molar refractivity (Wildman–Crippen MR) is 67.1 cm³/mol. The second-order valence-corrected chi connectivity index (χ2v) is 4.74. The van der Waals surface area contributed by atoms with E-state index >= 15 is 0 Å². The van der Waals surface area contributed by atoms with Crippen LogP contribution in [0.15, 0.2) is 24.3 Å². The van der Waals surface area contributed by atoms with E-state index in [1.807, 2.05) is 18.2 Å². The maximum atomic E-state index is 8.76. The molecule has 3 N–H and O–H groups in total. The first-order chi connectivity index (χ1) is 7.57. The van der Waals surface area contributed by atoms with Gasteiger partial charge in [-0.15, -0.1) is 0 Å². The standard InChI is InChI=1S/C13H19N3/c1-13(2,10-15)6-7-16-12-5-3-4-11(8-12)9-14/h3-5,8,16H,6-7,10,15H2,1-2H3. The van der Waals surface area contributed by atoms with E-state index in [2.05, 4.69) is 25.2 Å². The van der Waals surface area contributed by atoms with Crippen LogP contribution in [0.3, 0.4) is 0 Å². The van der Waals surface area contributed by atoms with Crippen molar-refractivity contribution in [3.63, 3.8) is 0 Å². The van der Waals surface area contributed by atoms with Gasteiger partial charge in [-0.2, -0.15) is 5.26 Å². The highest BCUT2D eigenvalue weighted by Crippen LogP contribution is 2.18. The quantitative estimate of drug-likeness (QED) is 0.795. The van der Waals surface area contributed by atoms with Gasteiger partial charge in [0.05, 0.1) is 11.6 Å². The number of anilines is 1. The lowest BCUT2D eigenvalue weighted by atomic mass is 9.90. The first kappa shape index (κ1) is 12.5. The molecule has 0 amide bonds. The van der Waals surface area contributed by atoms with Crippen molar-refractivity contribution in [1.82, 2.24) is 0 Å². The second kappa shape index (κ2) is 5.53. The molecule has 1 aromatic rings. The Morgan fingerprint density at radius 2 is 2.19 bits per heavy atom. The van der Waals surface area contributed by atoms with Gasteiger partial charge in [0.25, 0.3) is 0 Å². The highest BCUT2D eigenvalue weighted by Gasteiger charge is 2.14. The summed E-state index contributed by atoms with van der Waals surface area (Å²) < 4.78 is 0. The van der Waals surface area contributed by atoms with E-state index in [4.69, 9.17) is 11.0 Å². The van der Waals surface area contributed by atoms with Crippen molar-refractivity contribution in [1.29, 1.82) is 5.26 Å². The zero-order valence-electron chi connectivity index (χ0n) is 9.96. The van der Waals surface area contributed by atoms with Gasteiger partial charge in [0.15, 0.2) is 0 Å². The lowest BCUT2D eigenvalue weighted by Gasteiger charge is -2.22. The van der Waals surface area contributed by atoms with E-state index in [1.54, 1.807) is 6.07 Å². The molecule has 0 bridgehead atoms. The smallest absolute Gasteiger partial charge is 0.0992 e. The lowest BCUT2D eigenvalue weighted by Crippen LogP contribution is -2.26. The largest absolute Gasteiger partial charge is 0.385 e. The van der Waals surface area contributed by atoms with Crippen molar-refractivity contribution in [3.05, 3.63) is 29.8 Å². The van der Waals surface area contributed by atoms with E-state index in [-0.39, 0.29) is 5.41 Å². The average Bonchev–Trinajstić information content (AvgIpc) is 2.29. The van der Waals surface area contributed by atoms with Crippen LogP contribution in [-0.2, 0) is 0 Å². The summed E-state index contributed by atoms with van der Waals surface area (Å²) in [4.78, 5) is 0. The van der Waals surface area contributed by atoms with E-state index in [1.165, 1.54) is 0 Å². The van der Waals surface area contributed by atoms with Crippen LogP contribution in [0.25, 0.3) is 0 Å². The van der Waals surface area contributed by atoms with Crippen molar-refractivity contribution >= 4 is 5.69 Å². The van der Waals surface area contributed by atoms with Gasteiger partial charge in [-0.1, -0.05) is 19.9 Å². The summed E-state index contributed by atoms with van der Waals surface area (Å²) in [6.07, 6.45) is 1.01. The molecule has 0 aliphatic carbocycles. The summed E-state index contributed by atoms with van der Waals surface area (Å²) in [5, 5.41) is 12.1. The number of rotatable bonds is 5. The van der Waals surface area contributed by atoms with Gasteiger partial charge in [-0.25, -0.2) is 0 Å². The van der Waals surface area contributed by atoms with Gasteiger partial charge in [-0.3, -0.25) is 0 Å². The fraction of sp³-hybridized carbons (Fsp3) is 0.462. The Bertz CT molecular complexity index is 377. The SMILES string of the molecule is CC(C)(CN)CCNc1cccc(C#N)c1. The maximum Gasteiger partial charge on any atom is 0.0992 e. The van der Waals surface area contributed by atoms with Gasteiger partial charge in [0, 0.05) is 12.2 Å². The van der Waals surface area contributed by atoms with E-state index < -0.39 is 0 Å². The summed E-state index contributed by atoms with van der Waals surface area (Å²) in [7, 11) is 0. The number of nitrogens with one attached hydrogen (secondary N) is 1. The molecule has 3 heteroatoms. The van der Waals surface area contributed by atoms with Crippen LogP contribution in [0.1, 0.15) is 25.8 Å². The molecule has 0 atom stereocenters. The molecule has 0 radical (unpaired) electrons. The fourth-order valence-corrected chi connectivity index (χ4v) is 1.35. The molecule has 0 saturated carbocycles. The predicted octanol–water partition coefficient (Wildman–Crippen LogP) is 2.35. The minimum absolute atomic E-state index is 0.167. The number of benzene rings is 1. The first-order valence-corrected chi connectivity index (χ1v) is 5.51. The molecular weight excluding hydrogens is 198 g/mol. The molecule has 16 heavy (non-hydrogen) atoms. The number of nitriles is 1. The molecule has 0 saturated heterocycles. The van der Waals surface area contributed by atoms with E-state index in [0.717, 1.165) is 18.7 Å². The molecule has 0 aliphatic rings. The third-order valence-electron chi connectivity index (χ3n) is 2.68. The second-order valence-electron chi connectivity index (χ2n) is 4.74. The fourth-order valence-electron chi connectivity index (χ4n) is 1.35. The zero-order chi connectivity index (χ0) is 12.0. The Hall–Kier alpha value is -1.53. The molecular formula is C13H19N3. The summed E-state index contributed by atoms with van der Waals surface area (Å²) in [5.74, 6) is 0. The van der Waals surface area contributed by atoms with Crippen LogP contribution in [0.5, 0.6) is 0 Å². The normalized spacial score (nSPS) is 10.9. The van der Waals surface area contributed by atoms with Gasteiger partial charge < -0.3 is 11.1 Å². The van der Waals surface area contributed by atoms with Crippen LogP contribution < -0.4 is 11.1 Å². The number of hydrogen-bond donors (Lipinski definition) is 2. The molecule has 1 rings (SSSR count). The lowest BCUT2D eigenvalue weighted by molar-refractivity contribution is 0.358. The molecule has 0 unspecified atom stereocenters. The monoisotopic (exact) mass is 217 g/mol. The van der Waals surface area contributed by atoms with Crippen molar-refractivity contribution < 1.29 is 0 Å². The number of nitrogens with zero attached hydrogens (tertiary/aromatic N) is 1. The molecule has 0 fully saturated rings. The van der Waals surface area contributed by atoms with Crippen LogP contribution >= 0.6 is 0 Å². The van der Waals surface area contributed by atoms with Crippen molar-refractivity contribution in [3.8, 4) is 6.07 Å². The molecule has 3 nitrogen and oxygen atoms in total. The van der Waals surface area contributed by atoms with Crippen LogP contribution in [0, 0.1) is 16.7 Å². The highest BCUT2D eigenvalue weighted by molar-refractivity contribution is 5.48. The zero-order valence-corrected chi connectivity index (χ0v) is 9.96. The molecule has 0 aromatic heterocycles. The Morgan fingerprint density at radius 3 is 2.81 bits per heavy atom. The third kappa shape index (κ3) is 3.92. The van der Waals surface area contributed by atoms with Gasteiger partial charge in [-0.05, 0) is 36.6 Å². The van der Waals surface area contributed by atoms with Crippen molar-refractivity contribution in [2.24, 2.45) is 11.1 Å². The number of nitrogens with two attached hydrogens (primary N) is 1. The molecule has 1 aromatic carbocycles. The Kier molecular flexibility index (Phi) is 4.33. The van der Waals surface area contributed by atoms with Crippen molar-refractivity contribution in [2.75, 3.05) is 18.4 Å².